The van der Waals surface area contributed by atoms with Crippen LogP contribution in [0.15, 0.2) is 50.4 Å². The molecule has 0 radical (unpaired) electrons. The fourth-order valence-corrected chi connectivity index (χ4v) is 2.44. The summed E-state index contributed by atoms with van der Waals surface area (Å²) in [7, 11) is 0. The Labute approximate surface area is 127 Å². The molecule has 0 aliphatic rings. The molecular formula is C13H10BrNO4S. The minimum absolute atomic E-state index is 0.133. The lowest BCUT2D eigenvalue weighted by Gasteiger charge is -2.06. The fraction of sp³-hybridized carbons (Fsp3) is 0.0769. The number of benzene rings is 1. The number of thioether (sulfide) groups is 1. The maximum absolute atomic E-state index is 11.8. The number of para-hydroxylation sites is 1. The van der Waals surface area contributed by atoms with Gasteiger partial charge in [0.25, 0.3) is 0 Å². The third-order valence-corrected chi connectivity index (χ3v) is 3.89. The van der Waals surface area contributed by atoms with Gasteiger partial charge in [-0.1, -0.05) is 23.9 Å². The lowest BCUT2D eigenvalue weighted by Crippen LogP contribution is -2.14. The van der Waals surface area contributed by atoms with Gasteiger partial charge >= 0.3 is 5.97 Å². The predicted molar refractivity (Wildman–Crippen MR) is 79.2 cm³/mol. The number of amides is 1. The standard InChI is InChI=1S/C13H10BrNO4S/c14-8-3-1-2-4-9(8)15-11(16)7-20-12-6-5-10(19-12)13(17)18/h1-6H,7H2,(H,15,16)(H,17,18). The molecule has 1 aromatic heterocycles. The topological polar surface area (TPSA) is 79.5 Å². The lowest BCUT2D eigenvalue weighted by atomic mass is 10.3. The van der Waals surface area contributed by atoms with Crippen molar-refractivity contribution in [2.24, 2.45) is 0 Å². The van der Waals surface area contributed by atoms with Crippen LogP contribution in [0.2, 0.25) is 0 Å². The summed E-state index contributed by atoms with van der Waals surface area (Å²) in [6, 6.07) is 10.2. The molecule has 2 rings (SSSR count). The van der Waals surface area contributed by atoms with E-state index in [2.05, 4.69) is 21.2 Å². The van der Waals surface area contributed by atoms with Gasteiger partial charge in [0, 0.05) is 4.47 Å². The Balaban J connectivity index is 1.89. The number of furan rings is 1. The second-order valence-corrected chi connectivity index (χ2v) is 5.57. The molecule has 0 unspecified atom stereocenters. The molecule has 0 atom stereocenters. The van der Waals surface area contributed by atoms with Gasteiger partial charge in [0.05, 0.1) is 11.4 Å². The fourth-order valence-electron chi connectivity index (χ4n) is 1.40. The predicted octanol–water partition coefficient (Wildman–Crippen LogP) is 3.47. The van der Waals surface area contributed by atoms with Crippen molar-refractivity contribution >= 4 is 45.3 Å². The first-order valence-electron chi connectivity index (χ1n) is 5.56. The quantitative estimate of drug-likeness (QED) is 0.802. The molecule has 104 valence electrons. The number of rotatable bonds is 5. The number of hydrogen-bond acceptors (Lipinski definition) is 4. The number of nitrogens with one attached hydrogen (secondary N) is 1. The van der Waals surface area contributed by atoms with Crippen molar-refractivity contribution in [2.45, 2.75) is 5.09 Å². The molecule has 0 fully saturated rings. The van der Waals surface area contributed by atoms with E-state index in [9.17, 15) is 9.59 Å². The van der Waals surface area contributed by atoms with Crippen molar-refractivity contribution in [1.29, 1.82) is 0 Å². The van der Waals surface area contributed by atoms with Crippen molar-refractivity contribution in [1.82, 2.24) is 0 Å². The second kappa shape index (κ2) is 6.62. The average Bonchev–Trinajstić information content (AvgIpc) is 2.88. The molecule has 1 amide bonds. The molecule has 1 heterocycles. The zero-order valence-corrected chi connectivity index (χ0v) is 12.5. The summed E-state index contributed by atoms with van der Waals surface area (Å²) in [6.07, 6.45) is 0. The monoisotopic (exact) mass is 355 g/mol. The summed E-state index contributed by atoms with van der Waals surface area (Å²) in [5, 5.41) is 11.9. The van der Waals surface area contributed by atoms with Crippen LogP contribution in [0.1, 0.15) is 10.6 Å². The molecule has 0 bridgehead atoms. The van der Waals surface area contributed by atoms with E-state index in [-0.39, 0.29) is 17.4 Å². The molecule has 0 aliphatic heterocycles. The number of carboxylic acid groups (broad SMARTS) is 1. The first-order chi connectivity index (χ1) is 9.56. The van der Waals surface area contributed by atoms with Crippen LogP contribution in [0.25, 0.3) is 0 Å². The van der Waals surface area contributed by atoms with E-state index in [1.165, 1.54) is 12.1 Å². The summed E-state index contributed by atoms with van der Waals surface area (Å²) in [5.41, 5.74) is 0.684. The van der Waals surface area contributed by atoms with Crippen LogP contribution in [-0.4, -0.2) is 22.7 Å². The van der Waals surface area contributed by atoms with Crippen LogP contribution < -0.4 is 5.32 Å². The Kier molecular flexibility index (Phi) is 4.86. The van der Waals surface area contributed by atoms with Crippen molar-refractivity contribution in [2.75, 3.05) is 11.1 Å². The average molecular weight is 356 g/mol. The Bertz CT molecular complexity index is 641. The Morgan fingerprint density at radius 1 is 1.25 bits per heavy atom. The van der Waals surface area contributed by atoms with Crippen LogP contribution in [0.3, 0.4) is 0 Å². The summed E-state index contributed by atoms with van der Waals surface area (Å²) < 4.78 is 5.84. The smallest absolute Gasteiger partial charge is 0.371 e. The molecule has 2 aromatic rings. The molecule has 0 spiro atoms. The summed E-state index contributed by atoms with van der Waals surface area (Å²) in [6.45, 7) is 0. The van der Waals surface area contributed by atoms with Crippen molar-refractivity contribution in [3.8, 4) is 0 Å². The minimum atomic E-state index is -1.13. The number of carbonyl (C=O) groups is 2. The summed E-state index contributed by atoms with van der Waals surface area (Å²) in [5.74, 6) is -1.34. The highest BCUT2D eigenvalue weighted by atomic mass is 79.9. The number of anilines is 1. The van der Waals surface area contributed by atoms with Crippen molar-refractivity contribution in [3.05, 3.63) is 46.6 Å². The maximum Gasteiger partial charge on any atom is 0.371 e. The van der Waals surface area contributed by atoms with E-state index < -0.39 is 5.97 Å². The van der Waals surface area contributed by atoms with E-state index in [1.807, 2.05) is 18.2 Å². The minimum Gasteiger partial charge on any atom is -0.475 e. The van der Waals surface area contributed by atoms with E-state index in [0.29, 0.717) is 10.8 Å². The Morgan fingerprint density at radius 2 is 2.00 bits per heavy atom. The molecule has 0 saturated heterocycles. The van der Waals surface area contributed by atoms with Crippen LogP contribution in [0, 0.1) is 0 Å². The van der Waals surface area contributed by atoms with Gasteiger partial charge in [0.2, 0.25) is 11.7 Å². The van der Waals surface area contributed by atoms with Crippen LogP contribution in [0.5, 0.6) is 0 Å². The van der Waals surface area contributed by atoms with Gasteiger partial charge < -0.3 is 14.8 Å². The van der Waals surface area contributed by atoms with Crippen LogP contribution in [-0.2, 0) is 4.79 Å². The van der Waals surface area contributed by atoms with Crippen LogP contribution in [0.4, 0.5) is 5.69 Å². The molecular weight excluding hydrogens is 346 g/mol. The van der Waals surface area contributed by atoms with Gasteiger partial charge in [0.15, 0.2) is 5.09 Å². The van der Waals surface area contributed by atoms with Gasteiger partial charge in [-0.25, -0.2) is 4.79 Å². The van der Waals surface area contributed by atoms with E-state index in [0.717, 1.165) is 16.2 Å². The SMILES string of the molecule is O=C(CSc1ccc(C(=O)O)o1)Nc1ccccc1Br. The zero-order valence-electron chi connectivity index (χ0n) is 10.1. The highest BCUT2D eigenvalue weighted by molar-refractivity contribution is 9.10. The van der Waals surface area contributed by atoms with E-state index >= 15 is 0 Å². The first-order valence-corrected chi connectivity index (χ1v) is 7.34. The number of carboxylic acids is 1. The van der Waals surface area contributed by atoms with Crippen molar-refractivity contribution in [3.63, 3.8) is 0 Å². The number of hydrogen-bond donors (Lipinski definition) is 2. The molecule has 7 heteroatoms. The van der Waals surface area contributed by atoms with E-state index in [4.69, 9.17) is 9.52 Å². The highest BCUT2D eigenvalue weighted by Gasteiger charge is 2.11. The molecule has 1 aromatic carbocycles. The number of halogens is 1. The van der Waals surface area contributed by atoms with E-state index in [1.54, 1.807) is 6.07 Å². The van der Waals surface area contributed by atoms with Gasteiger partial charge in [-0.3, -0.25) is 4.79 Å². The van der Waals surface area contributed by atoms with Gasteiger partial charge in [-0.15, -0.1) is 0 Å². The summed E-state index contributed by atoms with van der Waals surface area (Å²) in [4.78, 5) is 22.4. The highest BCUT2D eigenvalue weighted by Crippen LogP contribution is 2.23. The Hall–Kier alpha value is -1.73. The molecule has 20 heavy (non-hydrogen) atoms. The lowest BCUT2D eigenvalue weighted by molar-refractivity contribution is -0.113. The zero-order chi connectivity index (χ0) is 14.5. The molecule has 2 N–H and O–H groups in total. The van der Waals surface area contributed by atoms with Gasteiger partial charge in [0.1, 0.15) is 0 Å². The first kappa shape index (κ1) is 14.7. The van der Waals surface area contributed by atoms with Gasteiger partial charge in [-0.05, 0) is 40.2 Å². The summed E-state index contributed by atoms with van der Waals surface area (Å²) >= 11 is 4.47. The maximum atomic E-state index is 11.8. The third-order valence-electron chi connectivity index (χ3n) is 2.29. The number of aromatic carboxylic acids is 1. The largest absolute Gasteiger partial charge is 0.475 e. The molecule has 5 nitrogen and oxygen atoms in total. The van der Waals surface area contributed by atoms with Gasteiger partial charge in [-0.2, -0.15) is 0 Å². The normalized spacial score (nSPS) is 10.2. The number of carbonyl (C=O) groups excluding carboxylic acids is 1. The van der Waals surface area contributed by atoms with Crippen molar-refractivity contribution < 1.29 is 19.1 Å². The second-order valence-electron chi connectivity index (χ2n) is 3.74. The Morgan fingerprint density at radius 3 is 2.65 bits per heavy atom. The molecule has 0 aliphatic carbocycles. The molecule has 0 saturated carbocycles. The third kappa shape index (κ3) is 3.88. The van der Waals surface area contributed by atoms with Crippen LogP contribution >= 0.6 is 27.7 Å².